The van der Waals surface area contributed by atoms with E-state index in [0.717, 1.165) is 31.9 Å². The largest absolute Gasteiger partial charge is 0.325 e. The second-order valence-electron chi connectivity index (χ2n) is 5.94. The molecule has 1 amide bonds. The van der Waals surface area contributed by atoms with E-state index in [0.29, 0.717) is 12.6 Å². The predicted molar refractivity (Wildman–Crippen MR) is 86.6 cm³/mol. The predicted octanol–water partition coefficient (Wildman–Crippen LogP) is 0.769. The topological polar surface area (TPSA) is 47.6 Å². The van der Waals surface area contributed by atoms with Gasteiger partial charge in [-0.05, 0) is 33.2 Å². The quantitative estimate of drug-likeness (QED) is 0.841. The van der Waals surface area contributed by atoms with Crippen molar-refractivity contribution in [2.45, 2.75) is 13.0 Å². The molecule has 1 heterocycles. The summed E-state index contributed by atoms with van der Waals surface area (Å²) in [6, 6.07) is 8.32. The number of likely N-dealkylation sites (N-methyl/N-ethyl adjacent to an activating group) is 2. The molecular weight excluding hydrogens is 264 g/mol. The van der Waals surface area contributed by atoms with Crippen molar-refractivity contribution >= 4 is 11.6 Å². The zero-order valence-electron chi connectivity index (χ0n) is 13.2. The van der Waals surface area contributed by atoms with Gasteiger partial charge in [-0.15, -0.1) is 0 Å². The Kier molecular flexibility index (Phi) is 5.73. The van der Waals surface area contributed by atoms with Crippen molar-refractivity contribution in [2.75, 3.05) is 52.1 Å². The molecule has 2 N–H and O–H groups in total. The number of nitrogens with zero attached hydrogens (tertiary/aromatic N) is 2. The molecule has 0 aliphatic carbocycles. The Balaban J connectivity index is 1.70. The summed E-state index contributed by atoms with van der Waals surface area (Å²) in [6.07, 6.45) is 0. The van der Waals surface area contributed by atoms with Gasteiger partial charge < -0.3 is 15.5 Å². The lowest BCUT2D eigenvalue weighted by atomic mass is 10.2. The number of amides is 1. The van der Waals surface area contributed by atoms with Crippen LogP contribution in [0.2, 0.25) is 0 Å². The molecule has 1 aliphatic rings. The number of carbonyl (C=O) groups excluding carboxylic acids is 1. The minimum Gasteiger partial charge on any atom is -0.325 e. The lowest BCUT2D eigenvalue weighted by Gasteiger charge is -2.37. The van der Waals surface area contributed by atoms with Gasteiger partial charge in [-0.1, -0.05) is 17.7 Å². The van der Waals surface area contributed by atoms with Gasteiger partial charge in [0, 0.05) is 37.9 Å². The van der Waals surface area contributed by atoms with Crippen molar-refractivity contribution in [1.82, 2.24) is 15.1 Å². The van der Waals surface area contributed by atoms with E-state index in [1.807, 2.05) is 31.2 Å². The highest BCUT2D eigenvalue weighted by Crippen LogP contribution is 2.08. The molecule has 0 bridgehead atoms. The lowest BCUT2D eigenvalue weighted by Crippen LogP contribution is -2.54. The third kappa shape index (κ3) is 5.12. The van der Waals surface area contributed by atoms with E-state index in [1.165, 1.54) is 5.56 Å². The van der Waals surface area contributed by atoms with Gasteiger partial charge in [0.25, 0.3) is 0 Å². The van der Waals surface area contributed by atoms with Crippen LogP contribution >= 0.6 is 0 Å². The van der Waals surface area contributed by atoms with Gasteiger partial charge in [-0.25, -0.2) is 0 Å². The van der Waals surface area contributed by atoms with Crippen molar-refractivity contribution in [1.29, 1.82) is 0 Å². The number of anilines is 1. The fourth-order valence-corrected chi connectivity index (χ4v) is 2.52. The van der Waals surface area contributed by atoms with E-state index < -0.39 is 0 Å². The van der Waals surface area contributed by atoms with E-state index in [9.17, 15) is 4.79 Å². The fraction of sp³-hybridized carbons (Fsp3) is 0.562. The first-order valence-electron chi connectivity index (χ1n) is 7.50. The van der Waals surface area contributed by atoms with Crippen LogP contribution in [-0.4, -0.2) is 68.6 Å². The second kappa shape index (κ2) is 7.54. The van der Waals surface area contributed by atoms with Crippen LogP contribution in [-0.2, 0) is 4.79 Å². The summed E-state index contributed by atoms with van der Waals surface area (Å²) in [4.78, 5) is 16.6. The van der Waals surface area contributed by atoms with Gasteiger partial charge in [-0.3, -0.25) is 9.69 Å². The molecule has 5 heteroatoms. The summed E-state index contributed by atoms with van der Waals surface area (Å²) in [7, 11) is 4.29. The molecule has 1 aromatic carbocycles. The number of nitrogens with one attached hydrogen (secondary N) is 2. The van der Waals surface area contributed by atoms with Crippen LogP contribution in [0.5, 0.6) is 0 Å². The average molecular weight is 290 g/mol. The normalized spacial score (nSPS) is 20.4. The Hall–Kier alpha value is -1.43. The average Bonchev–Trinajstić information content (AvgIpc) is 2.45. The maximum atomic E-state index is 11.9. The summed E-state index contributed by atoms with van der Waals surface area (Å²) < 4.78 is 0. The Labute approximate surface area is 127 Å². The number of aryl methyl sites for hydroxylation is 1. The van der Waals surface area contributed by atoms with Crippen molar-refractivity contribution < 1.29 is 4.79 Å². The van der Waals surface area contributed by atoms with Crippen LogP contribution in [0, 0.1) is 6.92 Å². The molecule has 0 aromatic heterocycles. The minimum absolute atomic E-state index is 0.00525. The summed E-state index contributed by atoms with van der Waals surface area (Å²) in [6.45, 7) is 6.46. The molecule has 0 saturated carbocycles. The maximum Gasteiger partial charge on any atom is 0.238 e. The number of carbonyl (C=O) groups is 1. The lowest BCUT2D eigenvalue weighted by molar-refractivity contribution is -0.115. The van der Waals surface area contributed by atoms with Crippen molar-refractivity contribution in [3.8, 4) is 0 Å². The molecule has 116 valence electrons. The van der Waals surface area contributed by atoms with E-state index in [1.54, 1.807) is 0 Å². The Morgan fingerprint density at radius 1 is 1.24 bits per heavy atom. The maximum absolute atomic E-state index is 11.9. The molecule has 2 rings (SSSR count). The van der Waals surface area contributed by atoms with Crippen LogP contribution in [0.15, 0.2) is 24.3 Å². The third-order valence-corrected chi connectivity index (χ3v) is 3.98. The minimum atomic E-state index is 0.00525. The second-order valence-corrected chi connectivity index (χ2v) is 5.94. The first kappa shape index (κ1) is 15.9. The Morgan fingerprint density at radius 2 is 1.95 bits per heavy atom. The van der Waals surface area contributed by atoms with Gasteiger partial charge in [0.2, 0.25) is 5.91 Å². The molecule has 0 spiro atoms. The van der Waals surface area contributed by atoms with Crippen molar-refractivity contribution in [2.24, 2.45) is 0 Å². The molecule has 1 aromatic rings. The molecule has 5 nitrogen and oxygen atoms in total. The van der Waals surface area contributed by atoms with E-state index in [2.05, 4.69) is 34.5 Å². The number of rotatable bonds is 5. The van der Waals surface area contributed by atoms with Gasteiger partial charge in [0.15, 0.2) is 0 Å². The van der Waals surface area contributed by atoms with Gasteiger partial charge in [0.05, 0.1) is 6.54 Å². The van der Waals surface area contributed by atoms with Crippen LogP contribution in [0.4, 0.5) is 5.69 Å². The molecule has 1 saturated heterocycles. The summed E-state index contributed by atoms with van der Waals surface area (Å²) in [5.74, 6) is 0.00525. The highest BCUT2D eigenvalue weighted by Gasteiger charge is 2.21. The monoisotopic (exact) mass is 290 g/mol. The molecule has 1 atom stereocenters. The molecule has 1 aliphatic heterocycles. The number of hydrogen-bond acceptors (Lipinski definition) is 4. The summed E-state index contributed by atoms with van der Waals surface area (Å²) >= 11 is 0. The van der Waals surface area contributed by atoms with Crippen molar-refractivity contribution in [3.63, 3.8) is 0 Å². The molecule has 0 radical (unpaired) electrons. The highest BCUT2D eigenvalue weighted by molar-refractivity contribution is 5.92. The first-order chi connectivity index (χ1) is 10.0. The van der Waals surface area contributed by atoms with E-state index in [-0.39, 0.29) is 5.91 Å². The highest BCUT2D eigenvalue weighted by atomic mass is 16.1. The number of piperazine rings is 1. The summed E-state index contributed by atoms with van der Waals surface area (Å²) in [5.41, 5.74) is 2.04. The van der Waals surface area contributed by atoms with Gasteiger partial charge >= 0.3 is 0 Å². The molecule has 1 unspecified atom stereocenters. The zero-order chi connectivity index (χ0) is 15.2. The van der Waals surface area contributed by atoms with Gasteiger partial charge in [0.1, 0.15) is 0 Å². The Bertz CT molecular complexity index is 460. The van der Waals surface area contributed by atoms with Crippen LogP contribution in [0.25, 0.3) is 0 Å². The van der Waals surface area contributed by atoms with Crippen LogP contribution < -0.4 is 10.6 Å². The first-order valence-corrected chi connectivity index (χ1v) is 7.50. The van der Waals surface area contributed by atoms with Gasteiger partial charge in [-0.2, -0.15) is 0 Å². The zero-order valence-corrected chi connectivity index (χ0v) is 13.2. The number of benzene rings is 1. The fourth-order valence-electron chi connectivity index (χ4n) is 2.52. The molecular formula is C16H26N4O. The standard InChI is InChI=1S/C16H26N4O/c1-13-4-6-14(7-5-13)18-16(21)11-17-10-15-12-19(2)8-9-20(15)3/h4-7,15,17H,8-12H2,1-3H3,(H,18,21). The number of hydrogen-bond donors (Lipinski definition) is 2. The van der Waals surface area contributed by atoms with Crippen LogP contribution in [0.1, 0.15) is 5.56 Å². The molecule has 1 fully saturated rings. The van der Waals surface area contributed by atoms with Crippen LogP contribution in [0.3, 0.4) is 0 Å². The SMILES string of the molecule is Cc1ccc(NC(=O)CNCC2CN(C)CCN2C)cc1. The third-order valence-electron chi connectivity index (χ3n) is 3.98. The molecule has 21 heavy (non-hydrogen) atoms. The van der Waals surface area contributed by atoms with Crippen molar-refractivity contribution in [3.05, 3.63) is 29.8 Å². The Morgan fingerprint density at radius 3 is 2.67 bits per heavy atom. The van der Waals surface area contributed by atoms with E-state index in [4.69, 9.17) is 0 Å². The smallest absolute Gasteiger partial charge is 0.238 e. The summed E-state index contributed by atoms with van der Waals surface area (Å²) in [5, 5.41) is 6.16. The van der Waals surface area contributed by atoms with E-state index >= 15 is 0 Å².